The van der Waals surface area contributed by atoms with Gasteiger partial charge < -0.3 is 15.5 Å². The molecule has 2 aliphatic rings. The molecule has 132 valence electrons. The van der Waals surface area contributed by atoms with E-state index in [1.54, 1.807) is 26.2 Å². The number of carbonyl (C=O) groups is 1. The number of hydrogen-bond donors (Lipinski definition) is 2. The molecule has 0 unspecified atom stereocenters. The van der Waals surface area contributed by atoms with Crippen LogP contribution in [0.2, 0.25) is 10.0 Å². The van der Waals surface area contributed by atoms with E-state index in [1.165, 1.54) is 17.7 Å². The summed E-state index contributed by atoms with van der Waals surface area (Å²) < 4.78 is 0. The van der Waals surface area contributed by atoms with Crippen molar-refractivity contribution in [2.45, 2.75) is 24.9 Å². The molecule has 2 heterocycles. The van der Waals surface area contributed by atoms with Crippen molar-refractivity contribution in [2.75, 3.05) is 45.6 Å². The SMILES string of the molecule is CN(C)C(=O)c1c(Cl)cc(NC2CN(C3CCNCC3)C2)cc1Cl. The molecule has 2 aliphatic heterocycles. The minimum Gasteiger partial charge on any atom is -0.380 e. The van der Waals surface area contributed by atoms with Crippen molar-refractivity contribution in [3.63, 3.8) is 0 Å². The standard InChI is InChI=1S/C17H24Cl2N4O/c1-22(2)17(24)16-14(18)7-11(8-15(16)19)21-12-9-23(10-12)13-3-5-20-6-4-13/h7-8,12-13,20-21H,3-6,9-10H2,1-2H3. The summed E-state index contributed by atoms with van der Waals surface area (Å²) in [5, 5.41) is 7.65. The van der Waals surface area contributed by atoms with Gasteiger partial charge in [-0.25, -0.2) is 0 Å². The van der Waals surface area contributed by atoms with Crippen LogP contribution in [0.1, 0.15) is 23.2 Å². The maximum atomic E-state index is 12.1. The first kappa shape index (κ1) is 17.8. The lowest BCUT2D eigenvalue weighted by Crippen LogP contribution is -2.60. The van der Waals surface area contributed by atoms with Gasteiger partial charge in [0.25, 0.3) is 5.91 Å². The molecule has 0 aromatic heterocycles. The number of hydrogen-bond acceptors (Lipinski definition) is 4. The van der Waals surface area contributed by atoms with E-state index in [4.69, 9.17) is 23.2 Å². The van der Waals surface area contributed by atoms with Crippen molar-refractivity contribution in [1.29, 1.82) is 0 Å². The Hall–Kier alpha value is -1.01. The van der Waals surface area contributed by atoms with Gasteiger partial charge in [0.15, 0.2) is 0 Å². The van der Waals surface area contributed by atoms with Crippen molar-refractivity contribution in [1.82, 2.24) is 15.1 Å². The summed E-state index contributed by atoms with van der Waals surface area (Å²) >= 11 is 12.6. The zero-order valence-corrected chi connectivity index (χ0v) is 15.6. The van der Waals surface area contributed by atoms with Gasteiger partial charge in [0.05, 0.1) is 21.7 Å². The molecule has 2 N–H and O–H groups in total. The Morgan fingerprint density at radius 3 is 2.33 bits per heavy atom. The number of rotatable bonds is 4. The van der Waals surface area contributed by atoms with Gasteiger partial charge in [-0.15, -0.1) is 0 Å². The van der Waals surface area contributed by atoms with E-state index < -0.39 is 0 Å². The molecule has 2 saturated heterocycles. The summed E-state index contributed by atoms with van der Waals surface area (Å²) in [5.41, 5.74) is 1.23. The molecule has 2 fully saturated rings. The predicted molar refractivity (Wildman–Crippen MR) is 99.4 cm³/mol. The highest BCUT2D eigenvalue weighted by molar-refractivity contribution is 6.40. The highest BCUT2D eigenvalue weighted by Crippen LogP contribution is 2.31. The molecule has 1 amide bonds. The van der Waals surface area contributed by atoms with Crippen LogP contribution in [-0.4, -0.2) is 68.1 Å². The van der Waals surface area contributed by atoms with E-state index in [2.05, 4.69) is 15.5 Å². The zero-order valence-electron chi connectivity index (χ0n) is 14.1. The molecule has 0 spiro atoms. The zero-order chi connectivity index (χ0) is 17.3. The molecule has 0 radical (unpaired) electrons. The Labute approximate surface area is 153 Å². The first-order valence-corrected chi connectivity index (χ1v) is 9.13. The van der Waals surface area contributed by atoms with E-state index >= 15 is 0 Å². The lowest BCUT2D eigenvalue weighted by atomic mass is 9.98. The number of nitrogens with one attached hydrogen (secondary N) is 2. The van der Waals surface area contributed by atoms with Gasteiger partial charge in [-0.2, -0.15) is 0 Å². The third-order valence-electron chi connectivity index (χ3n) is 4.77. The molecule has 24 heavy (non-hydrogen) atoms. The quantitative estimate of drug-likeness (QED) is 0.854. The van der Waals surface area contributed by atoms with Gasteiger partial charge in [-0.3, -0.25) is 9.69 Å². The number of halogens is 2. The second-order valence-electron chi connectivity index (χ2n) is 6.79. The molecule has 0 bridgehead atoms. The van der Waals surface area contributed by atoms with Crippen LogP contribution in [0, 0.1) is 0 Å². The second-order valence-corrected chi connectivity index (χ2v) is 7.61. The minimum absolute atomic E-state index is 0.183. The average molecular weight is 371 g/mol. The Balaban J connectivity index is 1.60. The van der Waals surface area contributed by atoms with Gasteiger partial charge in [0.1, 0.15) is 0 Å². The fraction of sp³-hybridized carbons (Fsp3) is 0.588. The number of amides is 1. The van der Waals surface area contributed by atoms with Crippen molar-refractivity contribution in [3.8, 4) is 0 Å². The maximum absolute atomic E-state index is 12.1. The molecule has 0 aliphatic carbocycles. The van der Waals surface area contributed by atoms with Crippen LogP contribution < -0.4 is 10.6 Å². The first-order valence-electron chi connectivity index (χ1n) is 8.37. The molecule has 1 aromatic rings. The average Bonchev–Trinajstić information content (AvgIpc) is 2.50. The summed E-state index contributed by atoms with van der Waals surface area (Å²) in [6.07, 6.45) is 2.46. The van der Waals surface area contributed by atoms with Crippen LogP contribution in [0.15, 0.2) is 12.1 Å². The monoisotopic (exact) mass is 370 g/mol. The molecule has 3 rings (SSSR count). The van der Waals surface area contributed by atoms with Gasteiger partial charge >= 0.3 is 0 Å². The minimum atomic E-state index is -0.183. The highest BCUT2D eigenvalue weighted by atomic mass is 35.5. The summed E-state index contributed by atoms with van der Waals surface area (Å²) in [6, 6.07) is 4.69. The van der Waals surface area contributed by atoms with Crippen LogP contribution in [0.3, 0.4) is 0 Å². The van der Waals surface area contributed by atoms with Crippen LogP contribution in [-0.2, 0) is 0 Å². The summed E-state index contributed by atoms with van der Waals surface area (Å²) in [6.45, 7) is 4.31. The van der Waals surface area contributed by atoms with Gasteiger partial charge in [0.2, 0.25) is 0 Å². The molecular weight excluding hydrogens is 347 g/mol. The number of likely N-dealkylation sites (tertiary alicyclic amines) is 1. The Morgan fingerprint density at radius 2 is 1.79 bits per heavy atom. The Morgan fingerprint density at radius 1 is 1.21 bits per heavy atom. The molecular formula is C17H24Cl2N4O. The van der Waals surface area contributed by atoms with Crippen molar-refractivity contribution in [2.24, 2.45) is 0 Å². The van der Waals surface area contributed by atoms with Crippen LogP contribution in [0.4, 0.5) is 5.69 Å². The van der Waals surface area contributed by atoms with Gasteiger partial charge in [-0.05, 0) is 38.1 Å². The smallest absolute Gasteiger partial charge is 0.256 e. The van der Waals surface area contributed by atoms with E-state index in [1.807, 2.05) is 0 Å². The summed E-state index contributed by atoms with van der Waals surface area (Å²) in [7, 11) is 3.37. The third kappa shape index (κ3) is 3.80. The lowest BCUT2D eigenvalue weighted by molar-refractivity contribution is 0.0826. The lowest BCUT2D eigenvalue weighted by Gasteiger charge is -2.46. The number of benzene rings is 1. The predicted octanol–water partition coefficient (Wildman–Crippen LogP) is 2.54. The number of anilines is 1. The van der Waals surface area contributed by atoms with E-state index in [-0.39, 0.29) is 5.91 Å². The first-order chi connectivity index (χ1) is 11.5. The van der Waals surface area contributed by atoms with Crippen LogP contribution >= 0.6 is 23.2 Å². The summed E-state index contributed by atoms with van der Waals surface area (Å²) in [5.74, 6) is -0.183. The van der Waals surface area contributed by atoms with Crippen molar-refractivity contribution >= 4 is 34.8 Å². The summed E-state index contributed by atoms with van der Waals surface area (Å²) in [4.78, 5) is 16.1. The fourth-order valence-corrected chi connectivity index (χ4v) is 4.04. The molecule has 0 atom stereocenters. The Bertz CT molecular complexity index is 588. The molecule has 0 saturated carbocycles. The van der Waals surface area contributed by atoms with Gasteiger partial charge in [-0.1, -0.05) is 23.2 Å². The van der Waals surface area contributed by atoms with Crippen molar-refractivity contribution in [3.05, 3.63) is 27.7 Å². The van der Waals surface area contributed by atoms with E-state index in [0.717, 1.165) is 31.9 Å². The molecule has 5 nitrogen and oxygen atoms in total. The van der Waals surface area contributed by atoms with Crippen LogP contribution in [0.25, 0.3) is 0 Å². The molecule has 7 heteroatoms. The number of piperidine rings is 1. The second kappa shape index (κ2) is 7.48. The largest absolute Gasteiger partial charge is 0.380 e. The Kier molecular flexibility index (Phi) is 5.55. The van der Waals surface area contributed by atoms with Crippen molar-refractivity contribution < 1.29 is 4.79 Å². The highest BCUT2D eigenvalue weighted by Gasteiger charge is 2.33. The number of nitrogens with zero attached hydrogens (tertiary/aromatic N) is 2. The maximum Gasteiger partial charge on any atom is 0.256 e. The van der Waals surface area contributed by atoms with E-state index in [9.17, 15) is 4.79 Å². The van der Waals surface area contributed by atoms with Gasteiger partial charge in [0, 0.05) is 38.9 Å². The van der Waals surface area contributed by atoms with Crippen LogP contribution in [0.5, 0.6) is 0 Å². The third-order valence-corrected chi connectivity index (χ3v) is 5.36. The fourth-order valence-electron chi connectivity index (χ4n) is 3.39. The number of carbonyl (C=O) groups excluding carboxylic acids is 1. The molecule has 1 aromatic carbocycles. The normalized spacial score (nSPS) is 19.8. The topological polar surface area (TPSA) is 47.6 Å². The van der Waals surface area contributed by atoms with E-state index in [0.29, 0.717) is 27.7 Å².